The second kappa shape index (κ2) is 5.14. The van der Waals surface area contributed by atoms with Gasteiger partial charge in [-0.3, -0.25) is 4.98 Å². The molecule has 0 fully saturated rings. The first-order chi connectivity index (χ1) is 8.59. The lowest BCUT2D eigenvalue weighted by molar-refractivity contribution is 1.15. The standard InChI is InChI=1S/C14H15N3S/c1-10-9-16-7-6-13(10)17(2)12-5-3-4-11(8-12)14(15)18/h3-9H,1-2H3,(H2,15,18). The molecule has 0 aliphatic rings. The minimum atomic E-state index is 0.414. The van der Waals surface area contributed by atoms with E-state index in [-0.39, 0.29) is 0 Å². The Kier molecular flexibility index (Phi) is 3.58. The maximum absolute atomic E-state index is 5.65. The molecule has 2 N–H and O–H groups in total. The predicted octanol–water partition coefficient (Wildman–Crippen LogP) is 2.79. The van der Waals surface area contributed by atoms with E-state index in [4.69, 9.17) is 18.0 Å². The number of nitrogens with two attached hydrogens (primary N) is 1. The largest absolute Gasteiger partial charge is 0.389 e. The van der Waals surface area contributed by atoms with Crippen molar-refractivity contribution in [3.8, 4) is 0 Å². The van der Waals surface area contributed by atoms with Crippen LogP contribution >= 0.6 is 12.2 Å². The molecule has 0 bridgehead atoms. The third-order valence-corrected chi connectivity index (χ3v) is 3.11. The van der Waals surface area contributed by atoms with Crippen molar-refractivity contribution in [2.45, 2.75) is 6.92 Å². The normalized spacial score (nSPS) is 10.1. The summed E-state index contributed by atoms with van der Waals surface area (Å²) in [5.74, 6) is 0. The van der Waals surface area contributed by atoms with E-state index < -0.39 is 0 Å². The quantitative estimate of drug-likeness (QED) is 0.859. The molecule has 0 aliphatic heterocycles. The molecule has 2 rings (SSSR count). The first-order valence-corrected chi connectivity index (χ1v) is 6.04. The number of hydrogen-bond acceptors (Lipinski definition) is 3. The zero-order chi connectivity index (χ0) is 13.1. The van der Waals surface area contributed by atoms with E-state index in [1.807, 2.05) is 50.5 Å². The summed E-state index contributed by atoms with van der Waals surface area (Å²) in [6, 6.07) is 9.88. The number of aromatic nitrogens is 1. The van der Waals surface area contributed by atoms with Gasteiger partial charge in [-0.25, -0.2) is 0 Å². The van der Waals surface area contributed by atoms with Gasteiger partial charge in [0.05, 0.1) is 0 Å². The van der Waals surface area contributed by atoms with Gasteiger partial charge in [-0.05, 0) is 30.7 Å². The summed E-state index contributed by atoms with van der Waals surface area (Å²) in [5.41, 5.74) is 9.82. The first-order valence-electron chi connectivity index (χ1n) is 5.64. The number of rotatable bonds is 3. The van der Waals surface area contributed by atoms with Gasteiger partial charge in [-0.15, -0.1) is 0 Å². The van der Waals surface area contributed by atoms with Crippen molar-refractivity contribution in [3.63, 3.8) is 0 Å². The maximum atomic E-state index is 5.65. The molecule has 3 nitrogen and oxygen atoms in total. The molecular formula is C14H15N3S. The Balaban J connectivity index is 2.40. The Morgan fingerprint density at radius 1 is 1.33 bits per heavy atom. The fourth-order valence-electron chi connectivity index (χ4n) is 1.85. The molecule has 1 aromatic heterocycles. The molecule has 0 aliphatic carbocycles. The van der Waals surface area contributed by atoms with Crippen LogP contribution in [0.4, 0.5) is 11.4 Å². The second-order valence-corrected chi connectivity index (χ2v) is 4.58. The van der Waals surface area contributed by atoms with Crippen molar-refractivity contribution in [2.24, 2.45) is 5.73 Å². The van der Waals surface area contributed by atoms with Crippen LogP contribution < -0.4 is 10.6 Å². The van der Waals surface area contributed by atoms with E-state index in [2.05, 4.69) is 9.88 Å². The van der Waals surface area contributed by atoms with Crippen LogP contribution in [-0.4, -0.2) is 17.0 Å². The van der Waals surface area contributed by atoms with Gasteiger partial charge in [-0.1, -0.05) is 24.4 Å². The summed E-state index contributed by atoms with van der Waals surface area (Å²) in [4.78, 5) is 6.61. The van der Waals surface area contributed by atoms with Crippen LogP contribution in [0.25, 0.3) is 0 Å². The molecule has 92 valence electrons. The van der Waals surface area contributed by atoms with Gasteiger partial charge in [0, 0.05) is 36.4 Å². The molecule has 1 heterocycles. The summed E-state index contributed by atoms with van der Waals surface area (Å²) in [7, 11) is 2.01. The van der Waals surface area contributed by atoms with Crippen LogP contribution in [0.2, 0.25) is 0 Å². The van der Waals surface area contributed by atoms with Crippen LogP contribution in [0.1, 0.15) is 11.1 Å². The Bertz CT molecular complexity index is 581. The molecule has 2 aromatic rings. The lowest BCUT2D eigenvalue weighted by Gasteiger charge is -2.21. The monoisotopic (exact) mass is 257 g/mol. The number of nitrogens with zero attached hydrogens (tertiary/aromatic N) is 2. The average Bonchev–Trinajstić information content (AvgIpc) is 2.38. The van der Waals surface area contributed by atoms with Gasteiger partial charge in [0.25, 0.3) is 0 Å². The number of anilines is 2. The van der Waals surface area contributed by atoms with Gasteiger partial charge in [-0.2, -0.15) is 0 Å². The van der Waals surface area contributed by atoms with Gasteiger partial charge < -0.3 is 10.6 Å². The number of benzene rings is 1. The first kappa shape index (κ1) is 12.5. The fourth-order valence-corrected chi connectivity index (χ4v) is 1.98. The molecule has 18 heavy (non-hydrogen) atoms. The number of aryl methyl sites for hydroxylation is 1. The summed E-state index contributed by atoms with van der Waals surface area (Å²) in [5, 5.41) is 0. The van der Waals surface area contributed by atoms with E-state index in [1.165, 1.54) is 0 Å². The third-order valence-electron chi connectivity index (χ3n) is 2.87. The molecule has 0 saturated carbocycles. The highest BCUT2D eigenvalue weighted by Crippen LogP contribution is 2.26. The Labute approximate surface area is 112 Å². The molecule has 0 amide bonds. The van der Waals surface area contributed by atoms with Crippen LogP contribution in [0.15, 0.2) is 42.7 Å². The van der Waals surface area contributed by atoms with Crippen LogP contribution in [0, 0.1) is 6.92 Å². The topological polar surface area (TPSA) is 42.2 Å². The van der Waals surface area contributed by atoms with E-state index in [0.717, 1.165) is 22.5 Å². The maximum Gasteiger partial charge on any atom is 0.104 e. The van der Waals surface area contributed by atoms with E-state index in [9.17, 15) is 0 Å². The van der Waals surface area contributed by atoms with Crippen molar-refractivity contribution >= 4 is 28.6 Å². The van der Waals surface area contributed by atoms with Crippen molar-refractivity contribution in [1.82, 2.24) is 4.98 Å². The predicted molar refractivity (Wildman–Crippen MR) is 79.4 cm³/mol. The zero-order valence-electron chi connectivity index (χ0n) is 10.4. The lowest BCUT2D eigenvalue weighted by Crippen LogP contribution is -2.13. The highest BCUT2D eigenvalue weighted by atomic mass is 32.1. The fraction of sp³-hybridized carbons (Fsp3) is 0.143. The summed E-state index contributed by atoms with van der Waals surface area (Å²) >= 11 is 5.00. The minimum absolute atomic E-state index is 0.414. The van der Waals surface area contributed by atoms with Crippen LogP contribution in [0.5, 0.6) is 0 Å². The molecule has 0 spiro atoms. The lowest BCUT2D eigenvalue weighted by atomic mass is 10.1. The Morgan fingerprint density at radius 2 is 2.11 bits per heavy atom. The van der Waals surface area contributed by atoms with Crippen molar-refractivity contribution in [1.29, 1.82) is 0 Å². The number of hydrogen-bond donors (Lipinski definition) is 1. The molecule has 0 atom stereocenters. The third kappa shape index (κ3) is 2.49. The minimum Gasteiger partial charge on any atom is -0.389 e. The summed E-state index contributed by atoms with van der Waals surface area (Å²) in [6.07, 6.45) is 3.64. The SMILES string of the molecule is Cc1cnccc1N(C)c1cccc(C(N)=S)c1. The van der Waals surface area contributed by atoms with Crippen LogP contribution in [0.3, 0.4) is 0 Å². The molecule has 0 radical (unpaired) electrons. The molecule has 0 unspecified atom stereocenters. The highest BCUT2D eigenvalue weighted by Gasteiger charge is 2.07. The van der Waals surface area contributed by atoms with E-state index in [1.54, 1.807) is 6.20 Å². The van der Waals surface area contributed by atoms with Crippen molar-refractivity contribution in [3.05, 3.63) is 53.9 Å². The zero-order valence-corrected chi connectivity index (χ0v) is 11.2. The summed E-state index contributed by atoms with van der Waals surface area (Å²) in [6.45, 7) is 2.04. The Morgan fingerprint density at radius 3 is 2.78 bits per heavy atom. The Hall–Kier alpha value is -1.94. The number of pyridine rings is 1. The van der Waals surface area contributed by atoms with Gasteiger partial charge >= 0.3 is 0 Å². The molecule has 4 heteroatoms. The van der Waals surface area contributed by atoms with Gasteiger partial charge in [0.2, 0.25) is 0 Å². The molecular weight excluding hydrogens is 242 g/mol. The van der Waals surface area contributed by atoms with Gasteiger partial charge in [0.1, 0.15) is 4.99 Å². The van der Waals surface area contributed by atoms with E-state index >= 15 is 0 Å². The smallest absolute Gasteiger partial charge is 0.104 e. The van der Waals surface area contributed by atoms with Gasteiger partial charge in [0.15, 0.2) is 0 Å². The summed E-state index contributed by atoms with van der Waals surface area (Å²) < 4.78 is 0. The average molecular weight is 257 g/mol. The van der Waals surface area contributed by atoms with E-state index in [0.29, 0.717) is 4.99 Å². The second-order valence-electron chi connectivity index (χ2n) is 4.14. The van der Waals surface area contributed by atoms with Crippen molar-refractivity contribution < 1.29 is 0 Å². The van der Waals surface area contributed by atoms with Crippen molar-refractivity contribution in [2.75, 3.05) is 11.9 Å². The molecule has 0 saturated heterocycles. The molecule has 1 aromatic carbocycles. The van der Waals surface area contributed by atoms with Crippen LogP contribution in [-0.2, 0) is 0 Å². The highest BCUT2D eigenvalue weighted by molar-refractivity contribution is 7.80. The number of thiocarbonyl (C=S) groups is 1.